The van der Waals surface area contributed by atoms with Crippen molar-refractivity contribution < 1.29 is 4.79 Å². The summed E-state index contributed by atoms with van der Waals surface area (Å²) in [4.78, 5) is 14.3. The Kier molecular flexibility index (Phi) is 3.67. The number of anilines is 1. The highest BCUT2D eigenvalue weighted by Gasteiger charge is 2.32. The van der Waals surface area contributed by atoms with E-state index in [0.29, 0.717) is 28.4 Å². The fourth-order valence-electron chi connectivity index (χ4n) is 3.34. The van der Waals surface area contributed by atoms with Crippen molar-refractivity contribution in [3.63, 3.8) is 0 Å². The van der Waals surface area contributed by atoms with Gasteiger partial charge in [0.05, 0.1) is 34.9 Å². The molecular formula is C19H14ClN5O. The molecule has 0 saturated carbocycles. The van der Waals surface area contributed by atoms with Crippen molar-refractivity contribution in [3.05, 3.63) is 58.8 Å². The molecule has 0 radical (unpaired) electrons. The van der Waals surface area contributed by atoms with Crippen LogP contribution in [0, 0.1) is 11.3 Å². The minimum Gasteiger partial charge on any atom is -0.398 e. The molecule has 3 aromatic rings. The van der Waals surface area contributed by atoms with Gasteiger partial charge in [-0.25, -0.2) is 0 Å². The van der Waals surface area contributed by atoms with Gasteiger partial charge in [-0.1, -0.05) is 24.2 Å². The van der Waals surface area contributed by atoms with Crippen LogP contribution in [0.2, 0.25) is 5.02 Å². The highest BCUT2D eigenvalue weighted by atomic mass is 35.5. The van der Waals surface area contributed by atoms with Crippen molar-refractivity contribution >= 4 is 34.1 Å². The monoisotopic (exact) mass is 363 g/mol. The summed E-state index contributed by atoms with van der Waals surface area (Å²) in [6.45, 7) is 4.22. The molecule has 1 aliphatic heterocycles. The van der Waals surface area contributed by atoms with Gasteiger partial charge in [0.1, 0.15) is 0 Å². The number of H-pyrrole nitrogens is 1. The lowest BCUT2D eigenvalue weighted by Gasteiger charge is -2.14. The van der Waals surface area contributed by atoms with Gasteiger partial charge >= 0.3 is 0 Å². The number of halogens is 1. The van der Waals surface area contributed by atoms with E-state index in [1.54, 1.807) is 17.2 Å². The molecule has 0 spiro atoms. The molecule has 0 saturated heterocycles. The number of carbonyl (C=O) groups excluding carboxylic acids is 1. The molecule has 3 N–H and O–H groups in total. The Bertz CT molecular complexity index is 1120. The second-order valence-electron chi connectivity index (χ2n) is 6.22. The molecule has 1 aliphatic rings. The van der Waals surface area contributed by atoms with Gasteiger partial charge in [-0.05, 0) is 34.9 Å². The summed E-state index contributed by atoms with van der Waals surface area (Å²) in [5, 5.41) is 17.3. The van der Waals surface area contributed by atoms with E-state index >= 15 is 0 Å². The molecule has 128 valence electrons. The third-order valence-electron chi connectivity index (χ3n) is 4.55. The molecular weight excluding hydrogens is 350 g/mol. The topological polar surface area (TPSA) is 98.8 Å². The first-order chi connectivity index (χ1) is 12.5. The molecule has 4 rings (SSSR count). The number of nitrogens with one attached hydrogen (secondary N) is 1. The van der Waals surface area contributed by atoms with Crippen LogP contribution in [-0.2, 0) is 6.54 Å². The largest absolute Gasteiger partial charge is 0.398 e. The third-order valence-corrected chi connectivity index (χ3v) is 4.84. The summed E-state index contributed by atoms with van der Waals surface area (Å²) < 4.78 is 0. The number of aromatic amines is 1. The van der Waals surface area contributed by atoms with Crippen LogP contribution in [0.25, 0.3) is 22.0 Å². The Morgan fingerprint density at radius 1 is 1.46 bits per heavy atom. The summed E-state index contributed by atoms with van der Waals surface area (Å²) >= 11 is 6.36. The van der Waals surface area contributed by atoms with Crippen molar-refractivity contribution in [1.29, 1.82) is 5.26 Å². The molecule has 1 aromatic heterocycles. The molecule has 7 heteroatoms. The Morgan fingerprint density at radius 3 is 3.04 bits per heavy atom. The molecule has 2 aromatic carbocycles. The maximum Gasteiger partial charge on any atom is 0.256 e. The molecule has 0 atom stereocenters. The fraction of sp³-hybridized carbons (Fsp3) is 0.105. The molecule has 0 aliphatic carbocycles. The Hall–Kier alpha value is -3.30. The van der Waals surface area contributed by atoms with Crippen LogP contribution in [0.5, 0.6) is 0 Å². The Morgan fingerprint density at radius 2 is 2.27 bits per heavy atom. The predicted octanol–water partition coefficient (Wildman–Crippen LogP) is 3.50. The number of benzene rings is 2. The summed E-state index contributed by atoms with van der Waals surface area (Å²) in [7, 11) is 0. The number of carbonyl (C=O) groups is 1. The zero-order chi connectivity index (χ0) is 18.4. The van der Waals surface area contributed by atoms with Crippen LogP contribution in [-0.4, -0.2) is 27.5 Å². The van der Waals surface area contributed by atoms with Gasteiger partial charge in [0.25, 0.3) is 5.91 Å². The van der Waals surface area contributed by atoms with E-state index < -0.39 is 0 Å². The summed E-state index contributed by atoms with van der Waals surface area (Å²) in [6.07, 6.45) is 1.70. The zero-order valence-corrected chi connectivity index (χ0v) is 14.5. The van der Waals surface area contributed by atoms with Crippen LogP contribution in [0.15, 0.2) is 42.6 Å². The zero-order valence-electron chi connectivity index (χ0n) is 13.7. The molecule has 26 heavy (non-hydrogen) atoms. The number of nitrogens with two attached hydrogens (primary N) is 1. The minimum absolute atomic E-state index is 0.185. The van der Waals surface area contributed by atoms with Crippen molar-refractivity contribution in [3.8, 4) is 17.2 Å². The van der Waals surface area contributed by atoms with E-state index in [-0.39, 0.29) is 12.5 Å². The fourth-order valence-corrected chi connectivity index (χ4v) is 3.61. The number of nitriles is 1. The molecule has 0 bridgehead atoms. The number of fused-ring (bicyclic) bond motifs is 2. The smallest absolute Gasteiger partial charge is 0.256 e. The van der Waals surface area contributed by atoms with Gasteiger partial charge in [-0.3, -0.25) is 9.89 Å². The number of rotatable bonds is 3. The van der Waals surface area contributed by atoms with Gasteiger partial charge in [-0.15, -0.1) is 0 Å². The third kappa shape index (κ3) is 2.41. The Balaban J connectivity index is 1.85. The molecule has 2 heterocycles. The van der Waals surface area contributed by atoms with Crippen LogP contribution in [0.3, 0.4) is 0 Å². The molecule has 0 fully saturated rings. The first kappa shape index (κ1) is 16.2. The first-order valence-electron chi connectivity index (χ1n) is 7.91. The number of amides is 1. The highest BCUT2D eigenvalue weighted by molar-refractivity contribution is 6.35. The second-order valence-corrected chi connectivity index (χ2v) is 6.63. The van der Waals surface area contributed by atoms with E-state index in [9.17, 15) is 4.79 Å². The molecule has 6 nitrogen and oxygen atoms in total. The van der Waals surface area contributed by atoms with Gasteiger partial charge in [0.15, 0.2) is 0 Å². The van der Waals surface area contributed by atoms with Gasteiger partial charge in [0.2, 0.25) is 0 Å². The average Bonchev–Trinajstić information content (AvgIpc) is 3.21. The van der Waals surface area contributed by atoms with Gasteiger partial charge in [-0.2, -0.15) is 10.4 Å². The lowest BCUT2D eigenvalue weighted by molar-refractivity contribution is 0.0795. The number of hydrogen-bond donors (Lipinski definition) is 2. The Labute approximate surface area is 154 Å². The maximum atomic E-state index is 12.7. The van der Waals surface area contributed by atoms with Crippen LogP contribution in [0.4, 0.5) is 5.69 Å². The number of hydrogen-bond acceptors (Lipinski definition) is 4. The first-order valence-corrected chi connectivity index (χ1v) is 8.29. The van der Waals surface area contributed by atoms with Crippen LogP contribution < -0.4 is 5.73 Å². The van der Waals surface area contributed by atoms with E-state index in [1.807, 2.05) is 24.3 Å². The minimum atomic E-state index is -0.189. The highest BCUT2D eigenvalue weighted by Crippen LogP contribution is 2.38. The predicted molar refractivity (Wildman–Crippen MR) is 100 cm³/mol. The summed E-state index contributed by atoms with van der Waals surface area (Å²) in [5.74, 6) is -0.189. The average molecular weight is 364 g/mol. The van der Waals surface area contributed by atoms with Crippen LogP contribution in [0.1, 0.15) is 15.9 Å². The maximum absolute atomic E-state index is 12.7. The van der Waals surface area contributed by atoms with E-state index in [2.05, 4.69) is 16.8 Å². The van der Waals surface area contributed by atoms with Crippen molar-refractivity contribution in [2.24, 2.45) is 0 Å². The quantitative estimate of drug-likeness (QED) is 0.549. The number of nitrogen functional groups attached to an aromatic ring is 1. The number of nitrogens with zero attached hydrogens (tertiary/aromatic N) is 3. The summed E-state index contributed by atoms with van der Waals surface area (Å²) in [5.41, 5.74) is 10.7. The van der Waals surface area contributed by atoms with E-state index in [1.165, 1.54) is 0 Å². The van der Waals surface area contributed by atoms with Crippen molar-refractivity contribution in [1.82, 2.24) is 15.1 Å². The van der Waals surface area contributed by atoms with Crippen molar-refractivity contribution in [2.45, 2.75) is 6.54 Å². The normalized spacial score (nSPS) is 13.1. The lowest BCUT2D eigenvalue weighted by Crippen LogP contribution is -2.26. The SMILES string of the molecule is C=C(C#N)CN1Cc2c(-c3cc(Cl)c4[nH]ncc4c3)ccc(N)c2C1=O. The lowest BCUT2D eigenvalue weighted by atomic mass is 9.95. The summed E-state index contributed by atoms with van der Waals surface area (Å²) in [6, 6.07) is 9.40. The van der Waals surface area contributed by atoms with Crippen LogP contribution >= 0.6 is 11.6 Å². The van der Waals surface area contributed by atoms with E-state index in [0.717, 1.165) is 27.6 Å². The van der Waals surface area contributed by atoms with E-state index in [4.69, 9.17) is 22.6 Å². The second kappa shape index (κ2) is 5.90. The molecule has 1 amide bonds. The van der Waals surface area contributed by atoms with Crippen molar-refractivity contribution in [2.75, 3.05) is 12.3 Å². The number of aromatic nitrogens is 2. The van der Waals surface area contributed by atoms with Gasteiger partial charge in [0, 0.05) is 23.2 Å². The molecule has 0 unspecified atom stereocenters. The standard InChI is InChI=1S/C19H14ClN5O/c1-10(6-21)8-25-9-14-13(2-3-16(22)17(14)19(25)26)11-4-12-7-23-24-18(12)15(20)5-11/h2-5,7H,1,8-9,22H2,(H,23,24). The van der Waals surface area contributed by atoms with Gasteiger partial charge < -0.3 is 10.6 Å².